The van der Waals surface area contributed by atoms with Crippen molar-refractivity contribution in [2.45, 2.75) is 45.4 Å². The molecular formula is C15H20N2S. The van der Waals surface area contributed by atoms with Gasteiger partial charge < -0.3 is 0 Å². The van der Waals surface area contributed by atoms with Gasteiger partial charge in [0.2, 0.25) is 0 Å². The number of thiazole rings is 1. The molecular weight excluding hydrogens is 240 g/mol. The van der Waals surface area contributed by atoms with Crippen LogP contribution in [0, 0.1) is 0 Å². The second-order valence-corrected chi connectivity index (χ2v) is 6.52. The summed E-state index contributed by atoms with van der Waals surface area (Å²) in [5.74, 6) is 0.519. The lowest BCUT2D eigenvalue weighted by Crippen LogP contribution is -2.20. The summed E-state index contributed by atoms with van der Waals surface area (Å²) in [6, 6.07) is 4.14. The summed E-state index contributed by atoms with van der Waals surface area (Å²) in [7, 11) is 0. The zero-order chi connectivity index (χ0) is 13.2. The second kappa shape index (κ2) is 5.19. The van der Waals surface area contributed by atoms with E-state index in [2.05, 4.69) is 44.1 Å². The van der Waals surface area contributed by atoms with Crippen molar-refractivity contribution in [2.24, 2.45) is 0 Å². The van der Waals surface area contributed by atoms with Crippen LogP contribution < -0.4 is 0 Å². The molecule has 0 aliphatic carbocycles. The molecule has 2 aromatic heterocycles. The smallest absolute Gasteiger partial charge is 0.0953 e. The van der Waals surface area contributed by atoms with Crippen LogP contribution in [0.25, 0.3) is 0 Å². The van der Waals surface area contributed by atoms with Gasteiger partial charge in [0.05, 0.1) is 10.7 Å². The highest BCUT2D eigenvalue weighted by Gasteiger charge is 2.22. The van der Waals surface area contributed by atoms with Gasteiger partial charge in [0.1, 0.15) is 0 Å². The molecule has 2 rings (SSSR count). The zero-order valence-electron chi connectivity index (χ0n) is 11.5. The Morgan fingerprint density at radius 3 is 2.67 bits per heavy atom. The Labute approximate surface area is 113 Å². The predicted molar refractivity (Wildman–Crippen MR) is 77.2 cm³/mol. The van der Waals surface area contributed by atoms with Crippen molar-refractivity contribution in [3.63, 3.8) is 0 Å². The quantitative estimate of drug-likeness (QED) is 0.824. The molecule has 0 N–H and O–H groups in total. The molecule has 2 aromatic rings. The average molecular weight is 260 g/mol. The SMILES string of the molecule is CC(C)c1nc(CC(C)(C)c2cccnc2)cs1. The summed E-state index contributed by atoms with van der Waals surface area (Å²) < 4.78 is 0. The van der Waals surface area contributed by atoms with E-state index in [-0.39, 0.29) is 5.41 Å². The number of pyridine rings is 1. The number of rotatable bonds is 4. The molecule has 3 heteroatoms. The van der Waals surface area contributed by atoms with Crippen LogP contribution in [0.2, 0.25) is 0 Å². The molecule has 96 valence electrons. The van der Waals surface area contributed by atoms with Gasteiger partial charge in [-0.1, -0.05) is 33.8 Å². The van der Waals surface area contributed by atoms with E-state index in [0.29, 0.717) is 5.92 Å². The Balaban J connectivity index is 2.17. The molecule has 0 bridgehead atoms. The number of nitrogens with zero attached hydrogens (tertiary/aromatic N) is 2. The van der Waals surface area contributed by atoms with Gasteiger partial charge in [0.15, 0.2) is 0 Å². The molecule has 0 saturated carbocycles. The van der Waals surface area contributed by atoms with E-state index in [4.69, 9.17) is 4.98 Å². The normalized spacial score (nSPS) is 12.1. The van der Waals surface area contributed by atoms with Gasteiger partial charge in [-0.25, -0.2) is 4.98 Å². The first-order chi connectivity index (χ1) is 8.49. The molecule has 2 nitrogen and oxygen atoms in total. The average Bonchev–Trinajstić information content (AvgIpc) is 2.78. The summed E-state index contributed by atoms with van der Waals surface area (Å²) in [5.41, 5.74) is 2.54. The lowest BCUT2D eigenvalue weighted by Gasteiger charge is -2.23. The highest BCUT2D eigenvalue weighted by molar-refractivity contribution is 7.09. The van der Waals surface area contributed by atoms with Gasteiger partial charge >= 0.3 is 0 Å². The maximum atomic E-state index is 4.72. The summed E-state index contributed by atoms with van der Waals surface area (Å²) in [5, 5.41) is 3.42. The first-order valence-corrected chi connectivity index (χ1v) is 7.22. The molecule has 0 fully saturated rings. The summed E-state index contributed by atoms with van der Waals surface area (Å²) in [4.78, 5) is 8.93. The monoisotopic (exact) mass is 260 g/mol. The molecule has 0 aliphatic rings. The van der Waals surface area contributed by atoms with Crippen LogP contribution in [-0.4, -0.2) is 9.97 Å². The predicted octanol–water partition coefficient (Wildman–Crippen LogP) is 4.18. The fourth-order valence-corrected chi connectivity index (χ4v) is 2.82. The van der Waals surface area contributed by atoms with Crippen LogP contribution in [0.3, 0.4) is 0 Å². The molecule has 18 heavy (non-hydrogen) atoms. The molecule has 0 amide bonds. The summed E-state index contributed by atoms with van der Waals surface area (Å²) in [6.45, 7) is 8.88. The van der Waals surface area contributed by atoms with Crippen molar-refractivity contribution in [1.82, 2.24) is 9.97 Å². The lowest BCUT2D eigenvalue weighted by molar-refractivity contribution is 0.513. The van der Waals surface area contributed by atoms with Crippen LogP contribution in [0.4, 0.5) is 0 Å². The lowest BCUT2D eigenvalue weighted by atomic mass is 9.81. The molecule has 0 aliphatic heterocycles. The van der Waals surface area contributed by atoms with Gasteiger partial charge in [-0.3, -0.25) is 4.98 Å². The van der Waals surface area contributed by atoms with Gasteiger partial charge in [0, 0.05) is 23.7 Å². The molecule has 0 spiro atoms. The fraction of sp³-hybridized carbons (Fsp3) is 0.467. The largest absolute Gasteiger partial charge is 0.264 e. The minimum Gasteiger partial charge on any atom is -0.264 e. The van der Waals surface area contributed by atoms with Crippen molar-refractivity contribution < 1.29 is 0 Å². The maximum absolute atomic E-state index is 4.72. The van der Waals surface area contributed by atoms with Crippen molar-refractivity contribution in [3.8, 4) is 0 Å². The third-order valence-electron chi connectivity index (χ3n) is 3.13. The van der Waals surface area contributed by atoms with E-state index >= 15 is 0 Å². The second-order valence-electron chi connectivity index (χ2n) is 5.63. The third kappa shape index (κ3) is 2.96. The third-order valence-corrected chi connectivity index (χ3v) is 4.32. The summed E-state index contributed by atoms with van der Waals surface area (Å²) in [6.07, 6.45) is 4.73. The zero-order valence-corrected chi connectivity index (χ0v) is 12.3. The molecule has 0 aromatic carbocycles. The van der Waals surface area contributed by atoms with Crippen molar-refractivity contribution in [2.75, 3.05) is 0 Å². The standard InChI is InChI=1S/C15H20N2S/c1-11(2)14-17-13(10-18-14)8-15(3,4)12-6-5-7-16-9-12/h5-7,9-11H,8H2,1-4H3. The van der Waals surface area contributed by atoms with Gasteiger partial charge in [-0.05, 0) is 23.5 Å². The van der Waals surface area contributed by atoms with Gasteiger partial charge in [-0.15, -0.1) is 11.3 Å². The first kappa shape index (κ1) is 13.2. The molecule has 0 saturated heterocycles. The Hall–Kier alpha value is -1.22. The Kier molecular flexibility index (Phi) is 3.81. The Bertz CT molecular complexity index is 500. The van der Waals surface area contributed by atoms with Crippen molar-refractivity contribution >= 4 is 11.3 Å². The van der Waals surface area contributed by atoms with Crippen LogP contribution >= 0.6 is 11.3 Å². The van der Waals surface area contributed by atoms with E-state index in [1.165, 1.54) is 16.3 Å². The Morgan fingerprint density at radius 1 is 1.33 bits per heavy atom. The van der Waals surface area contributed by atoms with Crippen molar-refractivity contribution in [3.05, 3.63) is 46.2 Å². The van der Waals surface area contributed by atoms with Crippen LogP contribution in [0.15, 0.2) is 29.9 Å². The van der Waals surface area contributed by atoms with Crippen LogP contribution in [0.5, 0.6) is 0 Å². The van der Waals surface area contributed by atoms with Gasteiger partial charge in [0.25, 0.3) is 0 Å². The van der Waals surface area contributed by atoms with Crippen molar-refractivity contribution in [1.29, 1.82) is 0 Å². The van der Waals surface area contributed by atoms with E-state index in [9.17, 15) is 0 Å². The minimum absolute atomic E-state index is 0.0799. The van der Waals surface area contributed by atoms with E-state index in [0.717, 1.165) is 6.42 Å². The highest BCUT2D eigenvalue weighted by atomic mass is 32.1. The van der Waals surface area contributed by atoms with Gasteiger partial charge in [-0.2, -0.15) is 0 Å². The van der Waals surface area contributed by atoms with Crippen LogP contribution in [0.1, 0.15) is 49.9 Å². The molecule has 0 atom stereocenters. The number of hydrogen-bond acceptors (Lipinski definition) is 3. The highest BCUT2D eigenvalue weighted by Crippen LogP contribution is 2.28. The van der Waals surface area contributed by atoms with E-state index in [1.54, 1.807) is 11.3 Å². The van der Waals surface area contributed by atoms with E-state index < -0.39 is 0 Å². The van der Waals surface area contributed by atoms with Crippen LogP contribution in [-0.2, 0) is 11.8 Å². The molecule has 0 unspecified atom stereocenters. The Morgan fingerprint density at radius 2 is 2.11 bits per heavy atom. The fourth-order valence-electron chi connectivity index (χ4n) is 1.99. The number of hydrogen-bond donors (Lipinski definition) is 0. The van der Waals surface area contributed by atoms with E-state index in [1.807, 2.05) is 18.5 Å². The summed E-state index contributed by atoms with van der Waals surface area (Å²) >= 11 is 1.77. The first-order valence-electron chi connectivity index (χ1n) is 6.34. The topological polar surface area (TPSA) is 25.8 Å². The molecule has 0 radical (unpaired) electrons. The number of aromatic nitrogens is 2. The molecule has 2 heterocycles. The minimum atomic E-state index is 0.0799. The maximum Gasteiger partial charge on any atom is 0.0953 e.